The highest BCUT2D eigenvalue weighted by atomic mass is 16.5. The Kier molecular flexibility index (Phi) is 5.15. The predicted octanol–water partition coefficient (Wildman–Crippen LogP) is -1.22. The molecule has 108 valence electrons. The summed E-state index contributed by atoms with van der Waals surface area (Å²) in [4.78, 5) is 18.2. The quantitative estimate of drug-likeness (QED) is 0.390. The number of aliphatic imine (C=N–C) groups is 2. The van der Waals surface area contributed by atoms with E-state index < -0.39 is 5.91 Å². The molecule has 9 nitrogen and oxygen atoms in total. The molecular formula is C11H16N6O3. The molecule has 1 aromatic carbocycles. The summed E-state index contributed by atoms with van der Waals surface area (Å²) in [5.41, 5.74) is 21.3. The Morgan fingerprint density at radius 2 is 1.90 bits per heavy atom. The molecule has 0 aromatic heterocycles. The van der Waals surface area contributed by atoms with E-state index in [4.69, 9.17) is 32.4 Å². The number of amides is 1. The maximum atomic E-state index is 10.7. The van der Waals surface area contributed by atoms with Gasteiger partial charge < -0.3 is 32.4 Å². The minimum atomic E-state index is -0.592. The van der Waals surface area contributed by atoms with Crippen molar-refractivity contribution in [3.05, 3.63) is 18.2 Å². The van der Waals surface area contributed by atoms with Gasteiger partial charge in [0.1, 0.15) is 0 Å². The van der Waals surface area contributed by atoms with Gasteiger partial charge in [-0.05, 0) is 12.1 Å². The summed E-state index contributed by atoms with van der Waals surface area (Å²) in [5, 5.41) is 0. The van der Waals surface area contributed by atoms with Crippen LogP contribution in [-0.2, 0) is 4.79 Å². The zero-order chi connectivity index (χ0) is 15.1. The highest BCUT2D eigenvalue weighted by molar-refractivity contribution is 5.93. The number of benzene rings is 1. The van der Waals surface area contributed by atoms with E-state index in [0.717, 1.165) is 0 Å². The number of hydrogen-bond acceptors (Lipinski definition) is 4. The Balaban J connectivity index is 2.97. The van der Waals surface area contributed by atoms with Crippen LogP contribution in [0, 0.1) is 0 Å². The highest BCUT2D eigenvalue weighted by Gasteiger charge is 2.07. The molecule has 0 spiro atoms. The highest BCUT2D eigenvalue weighted by Crippen LogP contribution is 2.31. The third-order valence-corrected chi connectivity index (χ3v) is 2.00. The Morgan fingerprint density at radius 1 is 1.20 bits per heavy atom. The first-order valence-corrected chi connectivity index (χ1v) is 5.45. The molecule has 0 saturated heterocycles. The molecule has 0 aliphatic carbocycles. The number of methoxy groups -OCH3 is 1. The molecule has 0 atom stereocenters. The molecule has 1 aromatic rings. The first kappa shape index (κ1) is 15.1. The third kappa shape index (κ3) is 4.72. The summed E-state index contributed by atoms with van der Waals surface area (Å²) >= 11 is 0. The second-order valence-corrected chi connectivity index (χ2v) is 3.60. The predicted molar refractivity (Wildman–Crippen MR) is 74.8 cm³/mol. The smallest absolute Gasteiger partial charge is 0.255 e. The molecule has 20 heavy (non-hydrogen) atoms. The van der Waals surface area contributed by atoms with Crippen molar-refractivity contribution < 1.29 is 14.3 Å². The lowest BCUT2D eigenvalue weighted by molar-refractivity contribution is -0.119. The van der Waals surface area contributed by atoms with Crippen molar-refractivity contribution in [2.45, 2.75) is 0 Å². The minimum Gasteiger partial charge on any atom is -0.493 e. The van der Waals surface area contributed by atoms with Crippen LogP contribution in [0.4, 0.5) is 5.69 Å². The molecule has 0 heterocycles. The normalized spacial score (nSPS) is 10.8. The van der Waals surface area contributed by atoms with E-state index in [1.54, 1.807) is 18.2 Å². The third-order valence-electron chi connectivity index (χ3n) is 2.00. The fraction of sp³-hybridized carbons (Fsp3) is 0.182. The molecule has 0 aliphatic rings. The average molecular weight is 280 g/mol. The van der Waals surface area contributed by atoms with Crippen LogP contribution in [0.15, 0.2) is 28.2 Å². The van der Waals surface area contributed by atoms with Crippen LogP contribution in [-0.4, -0.2) is 31.5 Å². The molecule has 0 fully saturated rings. The van der Waals surface area contributed by atoms with Gasteiger partial charge in [-0.3, -0.25) is 4.79 Å². The lowest BCUT2D eigenvalue weighted by Gasteiger charge is -2.09. The molecule has 0 saturated carbocycles. The van der Waals surface area contributed by atoms with E-state index in [-0.39, 0.29) is 18.5 Å². The van der Waals surface area contributed by atoms with Crippen molar-refractivity contribution in [1.82, 2.24) is 0 Å². The van der Waals surface area contributed by atoms with Crippen LogP contribution < -0.4 is 32.4 Å². The number of carbonyl (C=O) groups is 1. The Hall–Kier alpha value is -2.97. The molecular weight excluding hydrogens is 264 g/mol. The number of primary amides is 1. The lowest BCUT2D eigenvalue weighted by Crippen LogP contribution is -2.26. The van der Waals surface area contributed by atoms with E-state index in [1.807, 2.05) is 0 Å². The van der Waals surface area contributed by atoms with Gasteiger partial charge in [0.05, 0.1) is 12.8 Å². The van der Waals surface area contributed by atoms with Crippen molar-refractivity contribution in [2.24, 2.45) is 32.9 Å². The van der Waals surface area contributed by atoms with E-state index in [0.29, 0.717) is 17.2 Å². The molecule has 8 N–H and O–H groups in total. The SMILES string of the molecule is COc1cc(N=C(N)N=C(N)N)ccc1OCC(N)=O. The number of guanidine groups is 2. The van der Waals surface area contributed by atoms with Crippen LogP contribution in [0.5, 0.6) is 11.5 Å². The second kappa shape index (κ2) is 6.83. The second-order valence-electron chi connectivity index (χ2n) is 3.60. The number of carbonyl (C=O) groups excluding carboxylic acids is 1. The first-order valence-electron chi connectivity index (χ1n) is 5.45. The van der Waals surface area contributed by atoms with E-state index >= 15 is 0 Å². The van der Waals surface area contributed by atoms with Crippen molar-refractivity contribution in [3.63, 3.8) is 0 Å². The summed E-state index contributed by atoms with van der Waals surface area (Å²) in [7, 11) is 1.44. The summed E-state index contributed by atoms with van der Waals surface area (Å²) in [6.07, 6.45) is 0. The summed E-state index contributed by atoms with van der Waals surface area (Å²) in [6.45, 7) is -0.255. The van der Waals surface area contributed by atoms with Gasteiger partial charge in [-0.1, -0.05) is 0 Å². The molecule has 0 unspecified atom stereocenters. The largest absolute Gasteiger partial charge is 0.493 e. The minimum absolute atomic E-state index is 0.0992. The number of hydrogen-bond donors (Lipinski definition) is 4. The number of ether oxygens (including phenoxy) is 2. The van der Waals surface area contributed by atoms with Crippen LogP contribution in [0.1, 0.15) is 0 Å². The molecule has 1 amide bonds. The number of nitrogens with two attached hydrogens (primary N) is 4. The zero-order valence-corrected chi connectivity index (χ0v) is 10.9. The summed E-state index contributed by atoms with van der Waals surface area (Å²) < 4.78 is 10.3. The maximum absolute atomic E-state index is 10.7. The van der Waals surface area contributed by atoms with Gasteiger partial charge in [-0.2, -0.15) is 4.99 Å². The molecule has 0 radical (unpaired) electrons. The molecule has 0 aliphatic heterocycles. The zero-order valence-electron chi connectivity index (χ0n) is 10.9. The van der Waals surface area contributed by atoms with Gasteiger partial charge in [0.2, 0.25) is 5.96 Å². The Labute approximate surface area is 115 Å². The monoisotopic (exact) mass is 280 g/mol. The van der Waals surface area contributed by atoms with Gasteiger partial charge in [0, 0.05) is 6.07 Å². The van der Waals surface area contributed by atoms with E-state index in [2.05, 4.69) is 9.98 Å². The van der Waals surface area contributed by atoms with Gasteiger partial charge in [0.15, 0.2) is 24.1 Å². The fourth-order valence-electron chi connectivity index (χ4n) is 1.28. The number of rotatable bonds is 5. The van der Waals surface area contributed by atoms with Crippen molar-refractivity contribution in [1.29, 1.82) is 0 Å². The standard InChI is InChI=1S/C11H16N6O3/c1-19-8-4-6(16-11(15)17-10(13)14)2-3-7(8)20-5-9(12)18/h2-4H,5H2,1H3,(H2,12,18)(H6,13,14,15,16,17). The maximum Gasteiger partial charge on any atom is 0.255 e. The average Bonchev–Trinajstić information content (AvgIpc) is 2.35. The van der Waals surface area contributed by atoms with Crippen LogP contribution >= 0.6 is 0 Å². The van der Waals surface area contributed by atoms with Crippen molar-refractivity contribution in [3.8, 4) is 11.5 Å². The van der Waals surface area contributed by atoms with Gasteiger partial charge in [-0.25, -0.2) is 4.99 Å². The Bertz CT molecular complexity index is 551. The van der Waals surface area contributed by atoms with Gasteiger partial charge in [-0.15, -0.1) is 0 Å². The number of nitrogens with zero attached hydrogens (tertiary/aromatic N) is 2. The van der Waals surface area contributed by atoms with Crippen molar-refractivity contribution >= 4 is 23.5 Å². The fourth-order valence-corrected chi connectivity index (χ4v) is 1.28. The van der Waals surface area contributed by atoms with Gasteiger partial charge >= 0.3 is 0 Å². The Morgan fingerprint density at radius 3 is 2.45 bits per heavy atom. The van der Waals surface area contributed by atoms with Crippen molar-refractivity contribution in [2.75, 3.05) is 13.7 Å². The van der Waals surface area contributed by atoms with Crippen LogP contribution in [0.2, 0.25) is 0 Å². The topological polar surface area (TPSA) is 164 Å². The first-order chi connectivity index (χ1) is 9.42. The summed E-state index contributed by atoms with van der Waals surface area (Å²) in [6, 6.07) is 4.70. The van der Waals surface area contributed by atoms with E-state index in [9.17, 15) is 4.79 Å². The van der Waals surface area contributed by atoms with Gasteiger partial charge in [0.25, 0.3) is 5.91 Å². The van der Waals surface area contributed by atoms with E-state index in [1.165, 1.54) is 7.11 Å². The lowest BCUT2D eigenvalue weighted by atomic mass is 10.3. The molecule has 1 rings (SSSR count). The van der Waals surface area contributed by atoms with Crippen LogP contribution in [0.25, 0.3) is 0 Å². The van der Waals surface area contributed by atoms with Crippen LogP contribution in [0.3, 0.4) is 0 Å². The molecule has 9 heteroatoms. The summed E-state index contributed by atoms with van der Waals surface area (Å²) in [5.74, 6) is -0.167. The molecule has 0 bridgehead atoms.